The van der Waals surface area contributed by atoms with E-state index in [2.05, 4.69) is 42.4 Å². The van der Waals surface area contributed by atoms with Crippen molar-refractivity contribution in [2.24, 2.45) is 0 Å². The van der Waals surface area contributed by atoms with Gasteiger partial charge in [-0.15, -0.1) is 0 Å². The minimum absolute atomic E-state index is 0.0985. The number of nitrogens with one attached hydrogen (secondary N) is 1. The number of hydrogen-bond donors (Lipinski definition) is 2. The fourth-order valence-electron chi connectivity index (χ4n) is 4.72. The Balaban J connectivity index is 1.40. The van der Waals surface area contributed by atoms with E-state index in [9.17, 15) is 0 Å². The van der Waals surface area contributed by atoms with Crippen molar-refractivity contribution in [2.45, 2.75) is 37.6 Å². The number of fused-ring (bicyclic) bond motifs is 2. The van der Waals surface area contributed by atoms with Crippen LogP contribution in [0.1, 0.15) is 36.2 Å². The number of nitrogens with zero attached hydrogens (tertiary/aromatic N) is 5. The molecule has 3 N–H and O–H groups in total. The van der Waals surface area contributed by atoms with Gasteiger partial charge in [0.1, 0.15) is 11.4 Å². The van der Waals surface area contributed by atoms with Gasteiger partial charge in [-0.2, -0.15) is 15.4 Å². The summed E-state index contributed by atoms with van der Waals surface area (Å²) >= 11 is 0. The Morgan fingerprint density at radius 3 is 2.93 bits per heavy atom. The van der Waals surface area contributed by atoms with Gasteiger partial charge in [-0.05, 0) is 37.8 Å². The van der Waals surface area contributed by atoms with Gasteiger partial charge in [0, 0.05) is 30.3 Å². The molecule has 1 saturated heterocycles. The van der Waals surface area contributed by atoms with Crippen LogP contribution in [-0.2, 0) is 18.4 Å². The summed E-state index contributed by atoms with van der Waals surface area (Å²) in [4.78, 5) is 11.3. The smallest absolute Gasteiger partial charge is 0.220 e. The highest BCUT2D eigenvalue weighted by molar-refractivity contribution is 5.60. The Morgan fingerprint density at radius 2 is 2.04 bits per heavy atom. The van der Waals surface area contributed by atoms with Crippen LogP contribution in [0.25, 0.3) is 11.3 Å². The number of aryl methyl sites for hydroxylation is 1. The first kappa shape index (κ1) is 16.4. The van der Waals surface area contributed by atoms with Gasteiger partial charge in [-0.1, -0.05) is 30.3 Å². The minimum Gasteiger partial charge on any atom is -0.368 e. The zero-order chi connectivity index (χ0) is 18.3. The van der Waals surface area contributed by atoms with Gasteiger partial charge < -0.3 is 5.73 Å². The lowest BCUT2D eigenvalue weighted by Crippen LogP contribution is -2.45. The van der Waals surface area contributed by atoms with E-state index in [1.807, 2.05) is 24.4 Å². The Bertz CT molecular complexity index is 948. The van der Waals surface area contributed by atoms with Crippen molar-refractivity contribution in [3.8, 4) is 11.3 Å². The summed E-state index contributed by atoms with van der Waals surface area (Å²) in [6, 6.07) is 10.2. The number of anilines is 1. The number of nitrogens with two attached hydrogens (primary N) is 1. The summed E-state index contributed by atoms with van der Waals surface area (Å²) in [6.45, 7) is 2.84. The second-order valence-electron chi connectivity index (χ2n) is 7.68. The van der Waals surface area contributed by atoms with Crippen LogP contribution in [0.15, 0.2) is 36.5 Å². The van der Waals surface area contributed by atoms with Crippen molar-refractivity contribution in [1.82, 2.24) is 30.3 Å². The Kier molecular flexibility index (Phi) is 3.89. The van der Waals surface area contributed by atoms with Crippen molar-refractivity contribution in [3.63, 3.8) is 0 Å². The Morgan fingerprint density at radius 1 is 1.15 bits per heavy atom. The third-order valence-corrected chi connectivity index (χ3v) is 5.96. The quantitative estimate of drug-likeness (QED) is 0.743. The molecule has 0 bridgehead atoms. The number of H-pyrrole nitrogens is 1. The normalized spacial score (nSPS) is 22.2. The van der Waals surface area contributed by atoms with E-state index in [-0.39, 0.29) is 5.41 Å². The first-order valence-electron chi connectivity index (χ1n) is 9.53. The van der Waals surface area contributed by atoms with E-state index in [0.29, 0.717) is 5.95 Å². The molecule has 138 valence electrons. The van der Waals surface area contributed by atoms with Crippen LogP contribution in [0.3, 0.4) is 0 Å². The number of likely N-dealkylation sites (tertiary alicyclic amines) is 1. The molecule has 3 aromatic rings. The third-order valence-electron chi connectivity index (χ3n) is 5.96. The average molecular weight is 361 g/mol. The van der Waals surface area contributed by atoms with E-state index >= 15 is 0 Å². The molecule has 7 nitrogen and oxygen atoms in total. The second-order valence-corrected chi connectivity index (χ2v) is 7.68. The molecule has 0 radical (unpaired) electrons. The topological polar surface area (TPSA) is 96.6 Å². The lowest BCUT2D eigenvalue weighted by atomic mass is 9.77. The van der Waals surface area contributed by atoms with Crippen molar-refractivity contribution < 1.29 is 0 Å². The first-order valence-corrected chi connectivity index (χ1v) is 9.53. The molecule has 7 heteroatoms. The molecule has 2 aliphatic rings. The summed E-state index contributed by atoms with van der Waals surface area (Å²) < 4.78 is 0. The predicted molar refractivity (Wildman–Crippen MR) is 103 cm³/mol. The molecule has 1 aromatic carbocycles. The van der Waals surface area contributed by atoms with Crippen LogP contribution >= 0.6 is 0 Å². The molecule has 1 aliphatic heterocycles. The van der Waals surface area contributed by atoms with Gasteiger partial charge in [-0.3, -0.25) is 4.90 Å². The highest BCUT2D eigenvalue weighted by atomic mass is 15.3. The van der Waals surface area contributed by atoms with Crippen molar-refractivity contribution >= 4 is 5.95 Å². The maximum atomic E-state index is 5.89. The molecule has 3 heterocycles. The van der Waals surface area contributed by atoms with Gasteiger partial charge in [0.05, 0.1) is 5.69 Å². The van der Waals surface area contributed by atoms with E-state index < -0.39 is 0 Å². The molecular formula is C20H23N7. The van der Waals surface area contributed by atoms with E-state index in [0.717, 1.165) is 62.3 Å². The number of aromatic nitrogens is 5. The summed E-state index contributed by atoms with van der Waals surface area (Å²) in [5.41, 5.74) is 11.5. The number of aromatic amines is 1. The van der Waals surface area contributed by atoms with Gasteiger partial charge in [-0.25, -0.2) is 9.97 Å². The van der Waals surface area contributed by atoms with Crippen LogP contribution in [0.4, 0.5) is 5.95 Å². The largest absolute Gasteiger partial charge is 0.368 e. The third kappa shape index (κ3) is 2.88. The maximum absolute atomic E-state index is 5.89. The molecule has 0 amide bonds. The average Bonchev–Trinajstić information content (AvgIpc) is 3.28. The molecule has 1 fully saturated rings. The molecular weight excluding hydrogens is 338 g/mol. The van der Waals surface area contributed by atoms with Gasteiger partial charge in [0.15, 0.2) is 0 Å². The van der Waals surface area contributed by atoms with Crippen LogP contribution < -0.4 is 5.73 Å². The van der Waals surface area contributed by atoms with Crippen LogP contribution in [0.2, 0.25) is 0 Å². The number of piperidine rings is 1. The van der Waals surface area contributed by atoms with Crippen molar-refractivity contribution in [2.75, 3.05) is 18.8 Å². The highest BCUT2D eigenvalue weighted by Crippen LogP contribution is 2.44. The molecule has 2 aromatic heterocycles. The standard InChI is InChI=1S/C20H23N7/c21-19-22-11-15-7-9-20(18(15)23-19)8-4-10-27(13-20)12-16-17(25-26-24-16)14-5-2-1-3-6-14/h1-3,5-6,11H,4,7-10,12-13H2,(H2,21,22,23)(H,24,25,26). The maximum Gasteiger partial charge on any atom is 0.220 e. The van der Waals surface area contributed by atoms with Crippen LogP contribution in [0.5, 0.6) is 0 Å². The number of rotatable bonds is 3. The van der Waals surface area contributed by atoms with E-state index in [4.69, 9.17) is 5.73 Å². The summed E-state index contributed by atoms with van der Waals surface area (Å²) in [5, 5.41) is 11.6. The fourth-order valence-corrected chi connectivity index (χ4v) is 4.72. The van der Waals surface area contributed by atoms with Gasteiger partial charge in [0.2, 0.25) is 5.95 Å². The predicted octanol–water partition coefficient (Wildman–Crippen LogP) is 2.32. The van der Waals surface area contributed by atoms with Crippen LogP contribution in [0, 0.1) is 0 Å². The first-order chi connectivity index (χ1) is 13.2. The van der Waals surface area contributed by atoms with Crippen molar-refractivity contribution in [3.05, 3.63) is 53.5 Å². The molecule has 1 atom stereocenters. The van der Waals surface area contributed by atoms with Gasteiger partial charge >= 0.3 is 0 Å². The van der Waals surface area contributed by atoms with Gasteiger partial charge in [0.25, 0.3) is 0 Å². The second kappa shape index (κ2) is 6.42. The molecule has 0 saturated carbocycles. The Labute approximate surface area is 158 Å². The fraction of sp³-hybridized carbons (Fsp3) is 0.400. The lowest BCUT2D eigenvalue weighted by Gasteiger charge is -2.40. The number of nitrogen functional groups attached to an aromatic ring is 1. The van der Waals surface area contributed by atoms with E-state index in [1.165, 1.54) is 11.3 Å². The molecule has 27 heavy (non-hydrogen) atoms. The molecule has 5 rings (SSSR count). The zero-order valence-corrected chi connectivity index (χ0v) is 15.2. The zero-order valence-electron chi connectivity index (χ0n) is 15.2. The number of hydrogen-bond acceptors (Lipinski definition) is 6. The van der Waals surface area contributed by atoms with Crippen LogP contribution in [-0.4, -0.2) is 43.4 Å². The minimum atomic E-state index is 0.0985. The monoisotopic (exact) mass is 361 g/mol. The molecule has 1 aliphatic carbocycles. The summed E-state index contributed by atoms with van der Waals surface area (Å²) in [6.07, 6.45) is 6.40. The Hall–Kier alpha value is -2.80. The number of benzene rings is 1. The molecule has 1 spiro atoms. The summed E-state index contributed by atoms with van der Waals surface area (Å²) in [7, 11) is 0. The summed E-state index contributed by atoms with van der Waals surface area (Å²) in [5.74, 6) is 0.384. The highest BCUT2D eigenvalue weighted by Gasteiger charge is 2.43. The van der Waals surface area contributed by atoms with E-state index in [1.54, 1.807) is 0 Å². The molecule has 1 unspecified atom stereocenters. The lowest BCUT2D eigenvalue weighted by molar-refractivity contribution is 0.135. The van der Waals surface area contributed by atoms with Crippen molar-refractivity contribution in [1.29, 1.82) is 0 Å². The SMILES string of the molecule is Nc1ncc2c(n1)C1(CCCN(Cc3n[nH]nc3-c3ccccc3)C1)CC2.